The first-order chi connectivity index (χ1) is 9.08. The molecule has 1 aromatic carbocycles. The number of hydrogen-bond donors (Lipinski definition) is 1. The average molecular weight is 261 g/mol. The lowest BCUT2D eigenvalue weighted by molar-refractivity contribution is -0.124. The van der Waals surface area contributed by atoms with Gasteiger partial charge in [-0.2, -0.15) is 0 Å². The number of carbonyl (C=O) groups is 1. The lowest BCUT2D eigenvalue weighted by atomic mass is 10.1. The van der Waals surface area contributed by atoms with E-state index in [1.165, 1.54) is 6.07 Å². The van der Waals surface area contributed by atoms with Crippen LogP contribution in [0.3, 0.4) is 0 Å². The average Bonchev–Trinajstić information content (AvgIpc) is 2.89. The van der Waals surface area contributed by atoms with Crippen LogP contribution in [-0.4, -0.2) is 15.5 Å². The van der Waals surface area contributed by atoms with Gasteiger partial charge in [-0.3, -0.25) is 4.79 Å². The summed E-state index contributed by atoms with van der Waals surface area (Å²) >= 11 is 0. The largest absolute Gasteiger partial charge is 0.352 e. The number of carbonyl (C=O) groups excluding carboxylic acids is 1. The number of benzene rings is 1. The Hall–Kier alpha value is -2.17. The van der Waals surface area contributed by atoms with Crippen molar-refractivity contribution < 1.29 is 9.18 Å². The standard InChI is InChI=1S/C14H16FN3O/c1-10(2)14(19)17-8-11-3-4-13(12(15)7-11)18-6-5-16-9-18/h3-7,9-10H,8H2,1-2H3,(H,17,19). The predicted molar refractivity (Wildman–Crippen MR) is 70.2 cm³/mol. The summed E-state index contributed by atoms with van der Waals surface area (Å²) in [6.07, 6.45) is 4.81. The van der Waals surface area contributed by atoms with Gasteiger partial charge in [0.05, 0.1) is 12.0 Å². The predicted octanol–water partition coefficient (Wildman–Crippen LogP) is 2.28. The highest BCUT2D eigenvalue weighted by Gasteiger charge is 2.08. The minimum Gasteiger partial charge on any atom is -0.352 e. The SMILES string of the molecule is CC(C)C(=O)NCc1ccc(-n2ccnc2)c(F)c1. The van der Waals surface area contributed by atoms with E-state index < -0.39 is 0 Å². The third-order valence-corrected chi connectivity index (χ3v) is 2.79. The van der Waals surface area contributed by atoms with E-state index in [4.69, 9.17) is 0 Å². The third-order valence-electron chi connectivity index (χ3n) is 2.79. The van der Waals surface area contributed by atoms with Crippen molar-refractivity contribution >= 4 is 5.91 Å². The Morgan fingerprint density at radius 2 is 2.26 bits per heavy atom. The number of rotatable bonds is 4. The smallest absolute Gasteiger partial charge is 0.222 e. The van der Waals surface area contributed by atoms with Crippen molar-refractivity contribution in [1.29, 1.82) is 0 Å². The second-order valence-corrected chi connectivity index (χ2v) is 4.63. The zero-order chi connectivity index (χ0) is 13.8. The molecule has 2 aromatic rings. The normalized spacial score (nSPS) is 10.7. The zero-order valence-electron chi connectivity index (χ0n) is 10.9. The fourth-order valence-corrected chi connectivity index (χ4v) is 1.66. The van der Waals surface area contributed by atoms with Crippen molar-refractivity contribution in [2.75, 3.05) is 0 Å². The molecule has 0 fully saturated rings. The number of amides is 1. The molecule has 0 bridgehead atoms. The van der Waals surface area contributed by atoms with E-state index in [2.05, 4.69) is 10.3 Å². The Morgan fingerprint density at radius 3 is 2.84 bits per heavy atom. The van der Waals surface area contributed by atoms with Gasteiger partial charge in [0.2, 0.25) is 5.91 Å². The van der Waals surface area contributed by atoms with E-state index in [9.17, 15) is 9.18 Å². The van der Waals surface area contributed by atoms with Gasteiger partial charge in [-0.25, -0.2) is 9.37 Å². The van der Waals surface area contributed by atoms with E-state index in [1.807, 2.05) is 13.8 Å². The summed E-state index contributed by atoms with van der Waals surface area (Å²) in [5, 5.41) is 2.76. The number of imidazole rings is 1. The molecule has 19 heavy (non-hydrogen) atoms. The molecule has 0 aliphatic carbocycles. The van der Waals surface area contributed by atoms with Gasteiger partial charge in [-0.15, -0.1) is 0 Å². The van der Waals surface area contributed by atoms with Gasteiger partial charge in [0.25, 0.3) is 0 Å². The maximum Gasteiger partial charge on any atom is 0.222 e. The van der Waals surface area contributed by atoms with Crippen LogP contribution >= 0.6 is 0 Å². The topological polar surface area (TPSA) is 46.9 Å². The van der Waals surface area contributed by atoms with Crippen LogP contribution in [0.1, 0.15) is 19.4 Å². The lowest BCUT2D eigenvalue weighted by Gasteiger charge is -2.09. The molecule has 4 nitrogen and oxygen atoms in total. The molecule has 0 spiro atoms. The Bertz CT molecular complexity index is 564. The molecular formula is C14H16FN3O. The fourth-order valence-electron chi connectivity index (χ4n) is 1.66. The van der Waals surface area contributed by atoms with Crippen molar-refractivity contribution in [2.24, 2.45) is 5.92 Å². The number of hydrogen-bond acceptors (Lipinski definition) is 2. The molecule has 1 heterocycles. The molecule has 5 heteroatoms. The van der Waals surface area contributed by atoms with Crippen LogP contribution in [-0.2, 0) is 11.3 Å². The number of aromatic nitrogens is 2. The Morgan fingerprint density at radius 1 is 1.47 bits per heavy atom. The van der Waals surface area contributed by atoms with Gasteiger partial charge in [-0.05, 0) is 17.7 Å². The van der Waals surface area contributed by atoms with Crippen LogP contribution in [0.15, 0.2) is 36.9 Å². The minimum absolute atomic E-state index is 0.0425. The van der Waals surface area contributed by atoms with Crippen molar-refractivity contribution in [1.82, 2.24) is 14.9 Å². The highest BCUT2D eigenvalue weighted by molar-refractivity contribution is 5.77. The second kappa shape index (κ2) is 5.65. The summed E-state index contributed by atoms with van der Waals surface area (Å²) in [6, 6.07) is 4.89. The first-order valence-corrected chi connectivity index (χ1v) is 6.12. The van der Waals surface area contributed by atoms with Gasteiger partial charge in [-0.1, -0.05) is 19.9 Å². The number of halogens is 1. The highest BCUT2D eigenvalue weighted by Crippen LogP contribution is 2.14. The molecule has 0 saturated carbocycles. The maximum absolute atomic E-state index is 13.9. The molecule has 1 amide bonds. The van der Waals surface area contributed by atoms with Crippen molar-refractivity contribution in [3.63, 3.8) is 0 Å². The summed E-state index contributed by atoms with van der Waals surface area (Å²) in [5.41, 5.74) is 1.17. The Balaban J connectivity index is 2.09. The van der Waals surface area contributed by atoms with Gasteiger partial charge in [0.15, 0.2) is 0 Å². The second-order valence-electron chi connectivity index (χ2n) is 4.63. The molecule has 1 aromatic heterocycles. The van der Waals surface area contributed by atoms with Crippen LogP contribution in [0.4, 0.5) is 4.39 Å². The molecule has 0 radical (unpaired) electrons. The van der Waals surface area contributed by atoms with E-state index in [1.54, 1.807) is 35.4 Å². The Kier molecular flexibility index (Phi) is 3.94. The molecule has 100 valence electrons. The third kappa shape index (κ3) is 3.19. The van der Waals surface area contributed by atoms with E-state index in [0.29, 0.717) is 12.2 Å². The molecule has 0 unspecified atom stereocenters. The van der Waals surface area contributed by atoms with E-state index in [-0.39, 0.29) is 17.6 Å². The van der Waals surface area contributed by atoms with E-state index >= 15 is 0 Å². The van der Waals surface area contributed by atoms with Gasteiger partial charge >= 0.3 is 0 Å². The summed E-state index contributed by atoms with van der Waals surface area (Å²) in [4.78, 5) is 15.3. The molecule has 1 N–H and O–H groups in total. The van der Waals surface area contributed by atoms with Crippen LogP contribution in [0.5, 0.6) is 0 Å². The number of nitrogens with zero attached hydrogens (tertiary/aromatic N) is 2. The molecule has 0 aliphatic rings. The van der Waals surface area contributed by atoms with Crippen LogP contribution in [0, 0.1) is 11.7 Å². The molecule has 0 aliphatic heterocycles. The maximum atomic E-state index is 13.9. The summed E-state index contributed by atoms with van der Waals surface area (Å²) in [6.45, 7) is 3.97. The molecule has 2 rings (SSSR count). The fraction of sp³-hybridized carbons (Fsp3) is 0.286. The van der Waals surface area contributed by atoms with Crippen LogP contribution < -0.4 is 5.32 Å². The highest BCUT2D eigenvalue weighted by atomic mass is 19.1. The van der Waals surface area contributed by atoms with Crippen molar-refractivity contribution in [3.8, 4) is 5.69 Å². The number of nitrogens with one attached hydrogen (secondary N) is 1. The van der Waals surface area contributed by atoms with Gasteiger partial charge in [0, 0.05) is 24.9 Å². The molecule has 0 saturated heterocycles. The monoisotopic (exact) mass is 261 g/mol. The quantitative estimate of drug-likeness (QED) is 0.917. The summed E-state index contributed by atoms with van der Waals surface area (Å²) in [7, 11) is 0. The Labute approximate surface area is 111 Å². The van der Waals surface area contributed by atoms with Crippen molar-refractivity contribution in [3.05, 3.63) is 48.3 Å². The van der Waals surface area contributed by atoms with Crippen molar-refractivity contribution in [2.45, 2.75) is 20.4 Å². The summed E-state index contributed by atoms with van der Waals surface area (Å²) in [5.74, 6) is -0.455. The van der Waals surface area contributed by atoms with Crippen LogP contribution in [0.2, 0.25) is 0 Å². The minimum atomic E-state index is -0.339. The first-order valence-electron chi connectivity index (χ1n) is 6.12. The summed E-state index contributed by atoms with van der Waals surface area (Å²) < 4.78 is 15.5. The molecular weight excluding hydrogens is 245 g/mol. The van der Waals surface area contributed by atoms with Gasteiger partial charge in [0.1, 0.15) is 5.82 Å². The lowest BCUT2D eigenvalue weighted by Crippen LogP contribution is -2.27. The van der Waals surface area contributed by atoms with Crippen LogP contribution in [0.25, 0.3) is 5.69 Å². The van der Waals surface area contributed by atoms with E-state index in [0.717, 1.165) is 5.56 Å². The van der Waals surface area contributed by atoms with Gasteiger partial charge < -0.3 is 9.88 Å². The molecule has 0 atom stereocenters. The zero-order valence-corrected chi connectivity index (χ0v) is 10.9. The first kappa shape index (κ1) is 13.3.